The number of fused-ring (bicyclic) bond motifs is 1. The number of anilines is 2. The topological polar surface area (TPSA) is 50.8 Å². The minimum atomic E-state index is -0.101. The molecule has 3 rings (SSSR count). The molecule has 0 radical (unpaired) electrons. The van der Waals surface area contributed by atoms with Gasteiger partial charge in [-0.25, -0.2) is 0 Å². The number of para-hydroxylation sites is 2. The molecular formula is C19H21BrN2O3. The van der Waals surface area contributed by atoms with Crippen molar-refractivity contribution in [2.45, 2.75) is 13.5 Å². The van der Waals surface area contributed by atoms with E-state index in [1.54, 1.807) is 14.2 Å². The number of carbonyl (C=O) groups is 1. The second-order valence-corrected chi connectivity index (χ2v) is 6.96. The van der Waals surface area contributed by atoms with Gasteiger partial charge >= 0.3 is 0 Å². The molecule has 1 aliphatic rings. The number of hydrogen-bond donors (Lipinski definition) is 1. The van der Waals surface area contributed by atoms with Gasteiger partial charge in [0.1, 0.15) is 0 Å². The molecule has 2 aromatic carbocycles. The fourth-order valence-electron chi connectivity index (χ4n) is 3.06. The maximum atomic E-state index is 12.2. The van der Waals surface area contributed by atoms with Crippen LogP contribution in [0.5, 0.6) is 11.5 Å². The van der Waals surface area contributed by atoms with Crippen molar-refractivity contribution < 1.29 is 14.3 Å². The number of ether oxygens (including phenoxy) is 2. The molecule has 5 nitrogen and oxygen atoms in total. The lowest BCUT2D eigenvalue weighted by atomic mass is 10.1. The summed E-state index contributed by atoms with van der Waals surface area (Å²) in [5.41, 5.74) is 2.93. The number of nitrogens with one attached hydrogen (secondary N) is 1. The Bertz CT molecular complexity index is 794. The largest absolute Gasteiger partial charge is 0.493 e. The Labute approximate surface area is 156 Å². The molecule has 1 unspecified atom stereocenters. The summed E-state index contributed by atoms with van der Waals surface area (Å²) in [6.07, 6.45) is 0. The zero-order chi connectivity index (χ0) is 18.0. The van der Waals surface area contributed by atoms with Crippen LogP contribution >= 0.6 is 15.9 Å². The van der Waals surface area contributed by atoms with Crippen molar-refractivity contribution >= 4 is 33.2 Å². The smallest absolute Gasteiger partial charge is 0.229 e. The predicted molar refractivity (Wildman–Crippen MR) is 103 cm³/mol. The van der Waals surface area contributed by atoms with Crippen molar-refractivity contribution in [3.63, 3.8) is 0 Å². The first kappa shape index (κ1) is 17.6. The molecule has 0 aromatic heterocycles. The van der Waals surface area contributed by atoms with Gasteiger partial charge in [0.2, 0.25) is 5.91 Å². The van der Waals surface area contributed by atoms with E-state index in [0.29, 0.717) is 24.6 Å². The van der Waals surface area contributed by atoms with E-state index in [1.807, 2.05) is 43.3 Å². The average Bonchev–Trinajstić information content (AvgIpc) is 2.71. The molecule has 1 aliphatic heterocycles. The van der Waals surface area contributed by atoms with Crippen LogP contribution in [0.25, 0.3) is 0 Å². The number of methoxy groups -OCH3 is 2. The molecule has 6 heteroatoms. The third-order valence-corrected chi connectivity index (χ3v) is 4.90. The summed E-state index contributed by atoms with van der Waals surface area (Å²) in [5.74, 6) is 1.30. The van der Waals surface area contributed by atoms with Gasteiger partial charge in [-0.15, -0.1) is 0 Å². The Morgan fingerprint density at radius 1 is 1.24 bits per heavy atom. The van der Waals surface area contributed by atoms with Crippen LogP contribution in [0.3, 0.4) is 0 Å². The van der Waals surface area contributed by atoms with Crippen molar-refractivity contribution in [1.29, 1.82) is 0 Å². The van der Waals surface area contributed by atoms with Crippen molar-refractivity contribution in [2.24, 2.45) is 5.92 Å². The summed E-state index contributed by atoms with van der Waals surface area (Å²) in [6, 6.07) is 11.9. The Kier molecular flexibility index (Phi) is 5.18. The standard InChI is InChI=1S/C19H21BrN2O3/c1-12-10-22(16-7-5-4-6-15(16)21-19(12)23)11-13-8-14(20)18(25-3)17(9-13)24-2/h4-9,12H,10-11H2,1-3H3,(H,21,23). The van der Waals surface area contributed by atoms with Crippen molar-refractivity contribution in [3.8, 4) is 11.5 Å². The van der Waals surface area contributed by atoms with Crippen LogP contribution in [0, 0.1) is 5.92 Å². The minimum absolute atomic E-state index is 0.0449. The highest BCUT2D eigenvalue weighted by molar-refractivity contribution is 9.10. The van der Waals surface area contributed by atoms with Gasteiger partial charge in [0.25, 0.3) is 0 Å². The first-order valence-corrected chi connectivity index (χ1v) is 8.88. The Hall–Kier alpha value is -2.21. The summed E-state index contributed by atoms with van der Waals surface area (Å²) in [5, 5.41) is 3.01. The zero-order valence-corrected chi connectivity index (χ0v) is 16.1. The van der Waals surface area contributed by atoms with Gasteiger partial charge in [0, 0.05) is 13.1 Å². The first-order valence-electron chi connectivity index (χ1n) is 8.08. The molecule has 1 amide bonds. The van der Waals surface area contributed by atoms with E-state index >= 15 is 0 Å². The molecule has 0 bridgehead atoms. The fourth-order valence-corrected chi connectivity index (χ4v) is 3.71. The van der Waals surface area contributed by atoms with Crippen molar-refractivity contribution in [3.05, 3.63) is 46.4 Å². The third-order valence-electron chi connectivity index (χ3n) is 4.31. The van der Waals surface area contributed by atoms with Crippen LogP contribution in [-0.2, 0) is 11.3 Å². The average molecular weight is 405 g/mol. The van der Waals surface area contributed by atoms with E-state index in [-0.39, 0.29) is 11.8 Å². The summed E-state index contributed by atoms with van der Waals surface area (Å²) in [4.78, 5) is 14.4. The van der Waals surface area contributed by atoms with Crippen LogP contribution in [0.1, 0.15) is 12.5 Å². The van der Waals surface area contributed by atoms with Gasteiger partial charge < -0.3 is 19.7 Å². The lowest BCUT2D eigenvalue weighted by molar-refractivity contribution is -0.119. The second-order valence-electron chi connectivity index (χ2n) is 6.10. The number of hydrogen-bond acceptors (Lipinski definition) is 4. The normalized spacial score (nSPS) is 16.7. The van der Waals surface area contributed by atoms with Crippen molar-refractivity contribution in [2.75, 3.05) is 31.0 Å². The lowest BCUT2D eigenvalue weighted by Crippen LogP contribution is -2.30. The van der Waals surface area contributed by atoms with E-state index in [0.717, 1.165) is 21.4 Å². The molecule has 25 heavy (non-hydrogen) atoms. The van der Waals surface area contributed by atoms with Gasteiger partial charge in [0.15, 0.2) is 11.5 Å². The number of amides is 1. The molecule has 2 aromatic rings. The summed E-state index contributed by atoms with van der Waals surface area (Å²) in [6.45, 7) is 3.25. The van der Waals surface area contributed by atoms with Crippen LogP contribution < -0.4 is 19.7 Å². The van der Waals surface area contributed by atoms with Crippen LogP contribution in [0.4, 0.5) is 11.4 Å². The van der Waals surface area contributed by atoms with E-state index < -0.39 is 0 Å². The highest BCUT2D eigenvalue weighted by Crippen LogP contribution is 2.38. The fraction of sp³-hybridized carbons (Fsp3) is 0.316. The molecule has 0 fully saturated rings. The van der Waals surface area contributed by atoms with E-state index in [1.165, 1.54) is 0 Å². The molecule has 1 heterocycles. The molecular weight excluding hydrogens is 384 g/mol. The van der Waals surface area contributed by atoms with Gasteiger partial charge in [-0.2, -0.15) is 0 Å². The molecule has 0 saturated carbocycles. The highest BCUT2D eigenvalue weighted by atomic mass is 79.9. The predicted octanol–water partition coefficient (Wildman–Crippen LogP) is 4.06. The van der Waals surface area contributed by atoms with Gasteiger partial charge in [0.05, 0.1) is 36.0 Å². The molecule has 1 N–H and O–H groups in total. The maximum absolute atomic E-state index is 12.2. The maximum Gasteiger partial charge on any atom is 0.229 e. The van der Waals surface area contributed by atoms with Crippen LogP contribution in [-0.4, -0.2) is 26.7 Å². The molecule has 0 saturated heterocycles. The second kappa shape index (κ2) is 7.35. The number of rotatable bonds is 4. The Morgan fingerprint density at radius 3 is 2.72 bits per heavy atom. The monoisotopic (exact) mass is 404 g/mol. The van der Waals surface area contributed by atoms with Crippen LogP contribution in [0.15, 0.2) is 40.9 Å². The zero-order valence-electron chi connectivity index (χ0n) is 14.5. The number of nitrogens with zero attached hydrogens (tertiary/aromatic N) is 1. The van der Waals surface area contributed by atoms with E-state index in [2.05, 4.69) is 26.1 Å². The minimum Gasteiger partial charge on any atom is -0.493 e. The molecule has 0 spiro atoms. The molecule has 1 atom stereocenters. The highest BCUT2D eigenvalue weighted by Gasteiger charge is 2.25. The Morgan fingerprint density at radius 2 is 2.00 bits per heavy atom. The summed E-state index contributed by atoms with van der Waals surface area (Å²) < 4.78 is 11.7. The molecule has 0 aliphatic carbocycles. The SMILES string of the molecule is COc1cc(CN2CC(C)C(=O)Nc3ccccc32)cc(Br)c1OC. The number of halogens is 1. The number of benzene rings is 2. The quantitative estimate of drug-likeness (QED) is 0.834. The summed E-state index contributed by atoms with van der Waals surface area (Å²) >= 11 is 3.54. The van der Waals surface area contributed by atoms with Gasteiger partial charge in [-0.05, 0) is 45.8 Å². The lowest BCUT2D eigenvalue weighted by Gasteiger charge is -2.26. The number of carbonyl (C=O) groups excluding carboxylic acids is 1. The van der Waals surface area contributed by atoms with E-state index in [9.17, 15) is 4.79 Å². The van der Waals surface area contributed by atoms with Gasteiger partial charge in [-0.3, -0.25) is 4.79 Å². The van der Waals surface area contributed by atoms with Crippen molar-refractivity contribution in [1.82, 2.24) is 0 Å². The third kappa shape index (κ3) is 3.58. The van der Waals surface area contributed by atoms with E-state index in [4.69, 9.17) is 9.47 Å². The summed E-state index contributed by atoms with van der Waals surface area (Å²) in [7, 11) is 3.24. The van der Waals surface area contributed by atoms with Crippen LogP contribution in [0.2, 0.25) is 0 Å². The van der Waals surface area contributed by atoms with Gasteiger partial charge in [-0.1, -0.05) is 19.1 Å². The Balaban J connectivity index is 1.97. The first-order chi connectivity index (χ1) is 12.0. The molecule has 132 valence electrons.